The van der Waals surface area contributed by atoms with Gasteiger partial charge in [-0.15, -0.1) is 0 Å². The lowest BCUT2D eigenvalue weighted by Crippen LogP contribution is -2.26. The van der Waals surface area contributed by atoms with Crippen LogP contribution in [0.25, 0.3) is 16.6 Å². The van der Waals surface area contributed by atoms with Gasteiger partial charge >= 0.3 is 5.97 Å². The van der Waals surface area contributed by atoms with Crippen LogP contribution in [0.3, 0.4) is 0 Å². The summed E-state index contributed by atoms with van der Waals surface area (Å²) in [5.74, 6) is 1.19. The van der Waals surface area contributed by atoms with Gasteiger partial charge in [-0.3, -0.25) is 10.2 Å². The van der Waals surface area contributed by atoms with E-state index in [1.807, 2.05) is 67.9 Å². The van der Waals surface area contributed by atoms with Crippen LogP contribution in [-0.4, -0.2) is 46.2 Å². The summed E-state index contributed by atoms with van der Waals surface area (Å²) in [6.07, 6.45) is 0.0386. The molecule has 1 aliphatic rings. The van der Waals surface area contributed by atoms with Gasteiger partial charge in [0, 0.05) is 18.8 Å². The number of amidine groups is 1. The van der Waals surface area contributed by atoms with Crippen molar-refractivity contribution in [2.45, 2.75) is 26.4 Å². The fourth-order valence-electron chi connectivity index (χ4n) is 3.83. The number of anilines is 1. The van der Waals surface area contributed by atoms with E-state index < -0.39 is 0 Å². The molecule has 32 heavy (non-hydrogen) atoms. The summed E-state index contributed by atoms with van der Waals surface area (Å²) in [6, 6.07) is 12.9. The Morgan fingerprint density at radius 3 is 2.59 bits per heavy atom. The smallest absolute Gasteiger partial charge is 0.310 e. The molecule has 0 atom stereocenters. The van der Waals surface area contributed by atoms with Crippen LogP contribution in [0.4, 0.5) is 5.69 Å². The number of hydrogen-bond acceptors (Lipinski definition) is 6. The summed E-state index contributed by atoms with van der Waals surface area (Å²) in [4.78, 5) is 18.2. The Morgan fingerprint density at radius 2 is 1.94 bits per heavy atom. The molecule has 2 N–H and O–H groups in total. The van der Waals surface area contributed by atoms with Gasteiger partial charge in [0.15, 0.2) is 0 Å². The number of nitrogens with zero attached hydrogens (tertiary/aromatic N) is 3. The normalized spacial score (nSPS) is 14.0. The molecule has 0 saturated carbocycles. The monoisotopic (exact) mass is 434 g/mol. The Kier molecular flexibility index (Phi) is 5.61. The second-order valence-electron chi connectivity index (χ2n) is 7.99. The second-order valence-corrected chi connectivity index (χ2v) is 7.99. The van der Waals surface area contributed by atoms with Gasteiger partial charge in [-0.25, -0.2) is 4.98 Å². The summed E-state index contributed by atoms with van der Waals surface area (Å²) in [5.41, 5.74) is 3.58. The molecular weight excluding hydrogens is 408 g/mol. The minimum atomic E-state index is -0.276. The van der Waals surface area contributed by atoms with E-state index in [1.54, 1.807) is 12.0 Å². The van der Waals surface area contributed by atoms with E-state index in [2.05, 4.69) is 4.98 Å². The molecule has 166 valence electrons. The summed E-state index contributed by atoms with van der Waals surface area (Å²) in [7, 11) is 3.46. The standard InChI is InChI=1S/C24H26N4O4/c1-14(2)32-21(30)11-15-5-7-16(8-6-15)28-13-20(29)22(23(28)25)24-26-18-12-17(31-4)9-10-19(18)27(24)3/h5-10,12,14,25,29H,11,13H2,1-4H3. The zero-order valence-electron chi connectivity index (χ0n) is 18.5. The molecule has 0 unspecified atom stereocenters. The van der Waals surface area contributed by atoms with Gasteiger partial charge in [0.05, 0.1) is 42.8 Å². The van der Waals surface area contributed by atoms with Gasteiger partial charge < -0.3 is 24.0 Å². The fourth-order valence-corrected chi connectivity index (χ4v) is 3.83. The number of hydrogen-bond donors (Lipinski definition) is 2. The van der Waals surface area contributed by atoms with E-state index in [-0.39, 0.29) is 36.6 Å². The van der Waals surface area contributed by atoms with Crippen LogP contribution in [0.15, 0.2) is 48.2 Å². The Hall–Kier alpha value is -3.81. The summed E-state index contributed by atoms with van der Waals surface area (Å²) >= 11 is 0. The Labute approximate surface area is 186 Å². The summed E-state index contributed by atoms with van der Waals surface area (Å²) in [5, 5.41) is 19.4. The maximum Gasteiger partial charge on any atom is 0.310 e. The molecule has 0 amide bonds. The highest BCUT2D eigenvalue weighted by molar-refractivity contribution is 6.30. The molecule has 0 aliphatic carbocycles. The first kappa shape index (κ1) is 21.4. The SMILES string of the molecule is COc1ccc2c(c1)nc(C1=C(O)CN(c3ccc(CC(=O)OC(C)C)cc3)C1=N)n2C. The number of carbonyl (C=O) groups excluding carboxylic acids is 1. The van der Waals surface area contributed by atoms with Crippen LogP contribution >= 0.6 is 0 Å². The van der Waals surface area contributed by atoms with E-state index in [9.17, 15) is 9.90 Å². The van der Waals surface area contributed by atoms with Crippen molar-refractivity contribution >= 4 is 34.1 Å². The molecule has 4 rings (SSSR count). The van der Waals surface area contributed by atoms with Crippen LogP contribution in [0.5, 0.6) is 5.75 Å². The molecule has 3 aromatic rings. The molecule has 0 bridgehead atoms. The number of aliphatic hydroxyl groups excluding tert-OH is 1. The van der Waals surface area contributed by atoms with Gasteiger partial charge in [0.2, 0.25) is 0 Å². The zero-order valence-corrected chi connectivity index (χ0v) is 18.5. The van der Waals surface area contributed by atoms with Gasteiger partial charge in [0.25, 0.3) is 0 Å². The Morgan fingerprint density at radius 1 is 1.22 bits per heavy atom. The van der Waals surface area contributed by atoms with Crippen molar-refractivity contribution in [1.82, 2.24) is 9.55 Å². The van der Waals surface area contributed by atoms with Crippen molar-refractivity contribution in [2.24, 2.45) is 7.05 Å². The van der Waals surface area contributed by atoms with Gasteiger partial charge in [-0.1, -0.05) is 12.1 Å². The number of imidazole rings is 1. The minimum Gasteiger partial charge on any atom is -0.509 e. The molecule has 0 saturated heterocycles. The van der Waals surface area contributed by atoms with Crippen molar-refractivity contribution in [3.8, 4) is 5.75 Å². The van der Waals surface area contributed by atoms with Crippen LogP contribution in [0.2, 0.25) is 0 Å². The van der Waals surface area contributed by atoms with Crippen LogP contribution in [0.1, 0.15) is 25.2 Å². The molecule has 0 fully saturated rings. The number of nitrogens with one attached hydrogen (secondary N) is 1. The molecule has 2 aromatic carbocycles. The third kappa shape index (κ3) is 3.91. The number of aryl methyl sites for hydroxylation is 1. The lowest BCUT2D eigenvalue weighted by molar-refractivity contribution is -0.146. The van der Waals surface area contributed by atoms with Crippen LogP contribution < -0.4 is 9.64 Å². The first-order chi connectivity index (χ1) is 15.3. The number of methoxy groups -OCH3 is 1. The zero-order chi connectivity index (χ0) is 23.0. The highest BCUT2D eigenvalue weighted by Gasteiger charge is 2.32. The molecule has 0 spiro atoms. The van der Waals surface area contributed by atoms with Gasteiger partial charge in [0.1, 0.15) is 23.2 Å². The number of carbonyl (C=O) groups is 1. The first-order valence-corrected chi connectivity index (χ1v) is 10.4. The van der Waals surface area contributed by atoms with Crippen molar-refractivity contribution in [3.05, 3.63) is 59.6 Å². The minimum absolute atomic E-state index is 0.0879. The highest BCUT2D eigenvalue weighted by Crippen LogP contribution is 2.33. The van der Waals surface area contributed by atoms with Crippen molar-refractivity contribution < 1.29 is 19.4 Å². The largest absolute Gasteiger partial charge is 0.509 e. The lowest BCUT2D eigenvalue weighted by Gasteiger charge is -2.19. The van der Waals surface area contributed by atoms with Gasteiger partial charge in [-0.2, -0.15) is 0 Å². The van der Waals surface area contributed by atoms with E-state index in [0.29, 0.717) is 17.1 Å². The predicted molar refractivity (Wildman–Crippen MR) is 123 cm³/mol. The molecule has 2 heterocycles. The number of ether oxygens (including phenoxy) is 2. The van der Waals surface area contributed by atoms with Crippen molar-refractivity contribution in [1.29, 1.82) is 5.41 Å². The number of aromatic nitrogens is 2. The molecular formula is C24H26N4O4. The third-order valence-electron chi connectivity index (χ3n) is 5.38. The highest BCUT2D eigenvalue weighted by atomic mass is 16.5. The number of esters is 1. The van der Waals surface area contributed by atoms with E-state index in [4.69, 9.17) is 14.9 Å². The summed E-state index contributed by atoms with van der Waals surface area (Å²) in [6.45, 7) is 3.81. The van der Waals surface area contributed by atoms with E-state index in [0.717, 1.165) is 22.3 Å². The van der Waals surface area contributed by atoms with E-state index >= 15 is 0 Å². The second kappa shape index (κ2) is 8.37. The fraction of sp³-hybridized carbons (Fsp3) is 0.292. The molecule has 1 aromatic heterocycles. The van der Waals surface area contributed by atoms with Gasteiger partial charge in [-0.05, 0) is 43.7 Å². The van der Waals surface area contributed by atoms with E-state index in [1.165, 1.54) is 0 Å². The number of fused-ring (bicyclic) bond motifs is 1. The average Bonchev–Trinajstić information content (AvgIpc) is 3.22. The predicted octanol–water partition coefficient (Wildman–Crippen LogP) is 3.84. The lowest BCUT2D eigenvalue weighted by atomic mass is 10.1. The number of benzene rings is 2. The molecule has 1 aliphatic heterocycles. The quantitative estimate of drug-likeness (QED) is 0.572. The summed E-state index contributed by atoms with van der Waals surface area (Å²) < 4.78 is 12.3. The topological polar surface area (TPSA) is 101 Å². The molecule has 0 radical (unpaired) electrons. The molecule has 8 nitrogen and oxygen atoms in total. The third-order valence-corrected chi connectivity index (χ3v) is 5.38. The first-order valence-electron chi connectivity index (χ1n) is 10.4. The Bertz CT molecular complexity index is 1220. The van der Waals surface area contributed by atoms with Crippen LogP contribution in [-0.2, 0) is 23.0 Å². The average molecular weight is 434 g/mol. The van der Waals surface area contributed by atoms with Crippen LogP contribution in [0, 0.1) is 5.41 Å². The maximum absolute atomic E-state index is 11.9. The maximum atomic E-state index is 11.9. The molecule has 8 heteroatoms. The number of aliphatic hydroxyl groups is 1. The Balaban J connectivity index is 1.57. The number of rotatable bonds is 6. The van der Waals surface area contributed by atoms with Crippen molar-refractivity contribution in [3.63, 3.8) is 0 Å². The van der Waals surface area contributed by atoms with Crippen molar-refractivity contribution in [2.75, 3.05) is 18.6 Å².